The second-order valence-corrected chi connectivity index (χ2v) is 8.47. The maximum Gasteiger partial charge on any atom is 0.285 e. The third kappa shape index (κ3) is 2.91. The van der Waals surface area contributed by atoms with Gasteiger partial charge in [0.2, 0.25) is 5.01 Å². The van der Waals surface area contributed by atoms with Crippen molar-refractivity contribution in [2.24, 2.45) is 7.05 Å². The van der Waals surface area contributed by atoms with Crippen LogP contribution in [0.3, 0.4) is 0 Å². The van der Waals surface area contributed by atoms with E-state index >= 15 is 0 Å². The minimum atomic E-state index is -0.567. The number of nitrogens with one attached hydrogen (secondary N) is 1. The Kier molecular flexibility index (Phi) is 4.15. The van der Waals surface area contributed by atoms with Gasteiger partial charge in [-0.05, 0) is 18.2 Å². The van der Waals surface area contributed by atoms with Crippen molar-refractivity contribution >= 4 is 22.8 Å². The molecule has 1 N–H and O–H groups in total. The molecule has 10 nitrogen and oxygen atoms in total. The standard InChI is InChI=1S/C20H16FN9OS/c1-28-9-11(8-24-28)18-25-26-19(32-18)20(31)29-6-4-13-16(23-10-22-13)17(29)14-7-15-12(21)3-2-5-30(15)27-14/h2-3,5,7-10,17H,4,6H2,1H3,(H,22,23)/t17-/m1/s1. The van der Waals surface area contributed by atoms with E-state index in [0.717, 1.165) is 11.3 Å². The van der Waals surface area contributed by atoms with Gasteiger partial charge in [0.25, 0.3) is 5.91 Å². The molecular formula is C20H16FN9OS. The van der Waals surface area contributed by atoms with Crippen molar-refractivity contribution in [3.8, 4) is 10.6 Å². The molecule has 5 aromatic heterocycles. The molecule has 0 radical (unpaired) electrons. The number of aryl methyl sites for hydroxylation is 1. The maximum absolute atomic E-state index is 14.3. The summed E-state index contributed by atoms with van der Waals surface area (Å²) in [7, 11) is 1.81. The number of carbonyl (C=O) groups excluding carboxylic acids is 1. The summed E-state index contributed by atoms with van der Waals surface area (Å²) in [5, 5.41) is 17.9. The summed E-state index contributed by atoms with van der Waals surface area (Å²) in [6.07, 6.45) is 7.40. The number of carbonyl (C=O) groups is 1. The van der Waals surface area contributed by atoms with Crippen molar-refractivity contribution in [2.45, 2.75) is 12.5 Å². The van der Waals surface area contributed by atoms with Gasteiger partial charge < -0.3 is 9.88 Å². The van der Waals surface area contributed by atoms with Gasteiger partial charge in [0.15, 0.2) is 5.01 Å². The fourth-order valence-electron chi connectivity index (χ4n) is 4.01. The van der Waals surface area contributed by atoms with Gasteiger partial charge in [0, 0.05) is 38.1 Å². The van der Waals surface area contributed by atoms with E-state index in [9.17, 15) is 9.18 Å². The lowest BCUT2D eigenvalue weighted by atomic mass is 9.99. The van der Waals surface area contributed by atoms with Gasteiger partial charge in [-0.15, -0.1) is 10.2 Å². The monoisotopic (exact) mass is 449 g/mol. The van der Waals surface area contributed by atoms with Crippen LogP contribution < -0.4 is 0 Å². The summed E-state index contributed by atoms with van der Waals surface area (Å²) in [6.45, 7) is 0.441. The largest absolute Gasteiger partial charge is 0.348 e. The smallest absolute Gasteiger partial charge is 0.285 e. The molecule has 6 rings (SSSR count). The van der Waals surface area contributed by atoms with Gasteiger partial charge in [-0.25, -0.2) is 13.9 Å². The predicted octanol–water partition coefficient (Wildman–Crippen LogP) is 2.24. The quantitative estimate of drug-likeness (QED) is 0.452. The van der Waals surface area contributed by atoms with Crippen LogP contribution in [-0.2, 0) is 13.5 Å². The highest BCUT2D eigenvalue weighted by atomic mass is 32.1. The Bertz CT molecular complexity index is 1460. The number of hydrogen-bond acceptors (Lipinski definition) is 7. The van der Waals surface area contributed by atoms with E-state index in [1.807, 2.05) is 13.2 Å². The summed E-state index contributed by atoms with van der Waals surface area (Å²) in [4.78, 5) is 22.8. The Morgan fingerprint density at radius 1 is 1.34 bits per heavy atom. The lowest BCUT2D eigenvalue weighted by Crippen LogP contribution is -2.41. The number of hydrogen-bond donors (Lipinski definition) is 1. The van der Waals surface area contributed by atoms with Crippen molar-refractivity contribution < 1.29 is 9.18 Å². The molecule has 1 atom stereocenters. The summed E-state index contributed by atoms with van der Waals surface area (Å²) < 4.78 is 17.4. The predicted molar refractivity (Wildman–Crippen MR) is 112 cm³/mol. The van der Waals surface area contributed by atoms with Crippen molar-refractivity contribution in [2.75, 3.05) is 6.54 Å². The average molecular weight is 449 g/mol. The van der Waals surface area contributed by atoms with E-state index in [4.69, 9.17) is 0 Å². The molecule has 5 aromatic rings. The second-order valence-electron chi connectivity index (χ2n) is 7.49. The van der Waals surface area contributed by atoms with Crippen LogP contribution in [0.1, 0.15) is 32.9 Å². The highest BCUT2D eigenvalue weighted by molar-refractivity contribution is 7.16. The van der Waals surface area contributed by atoms with Crippen LogP contribution in [0, 0.1) is 5.82 Å². The Labute approximate surface area is 184 Å². The van der Waals surface area contributed by atoms with E-state index < -0.39 is 6.04 Å². The van der Waals surface area contributed by atoms with Gasteiger partial charge in [-0.2, -0.15) is 10.2 Å². The molecule has 12 heteroatoms. The van der Waals surface area contributed by atoms with Crippen LogP contribution in [0.5, 0.6) is 0 Å². The van der Waals surface area contributed by atoms with Gasteiger partial charge in [0.05, 0.1) is 29.5 Å². The van der Waals surface area contributed by atoms with Crippen molar-refractivity contribution in [1.82, 2.24) is 44.5 Å². The molecule has 6 heterocycles. The number of fused-ring (bicyclic) bond motifs is 2. The highest BCUT2D eigenvalue weighted by Gasteiger charge is 2.37. The number of imidazole rings is 1. The minimum Gasteiger partial charge on any atom is -0.348 e. The Morgan fingerprint density at radius 3 is 3.06 bits per heavy atom. The van der Waals surface area contributed by atoms with E-state index in [0.29, 0.717) is 34.9 Å². The van der Waals surface area contributed by atoms with E-state index in [1.54, 1.807) is 40.4 Å². The normalized spacial score (nSPS) is 15.9. The number of H-pyrrole nitrogens is 1. The van der Waals surface area contributed by atoms with E-state index in [-0.39, 0.29) is 16.7 Å². The molecule has 0 saturated carbocycles. The number of nitrogens with zero attached hydrogens (tertiary/aromatic N) is 8. The summed E-state index contributed by atoms with van der Waals surface area (Å²) in [6, 6.07) is 4.06. The molecular weight excluding hydrogens is 433 g/mol. The summed E-state index contributed by atoms with van der Waals surface area (Å²) in [5.74, 6) is -0.652. The molecule has 32 heavy (non-hydrogen) atoms. The van der Waals surface area contributed by atoms with Gasteiger partial charge in [0.1, 0.15) is 17.4 Å². The zero-order valence-electron chi connectivity index (χ0n) is 16.8. The van der Waals surface area contributed by atoms with Crippen LogP contribution in [0.25, 0.3) is 16.1 Å². The van der Waals surface area contributed by atoms with Crippen LogP contribution in [-0.4, -0.2) is 56.9 Å². The van der Waals surface area contributed by atoms with Gasteiger partial charge in [-0.1, -0.05) is 11.3 Å². The number of pyridine rings is 1. The Hall–Kier alpha value is -3.93. The topological polar surface area (TPSA) is 110 Å². The number of rotatable bonds is 3. The summed E-state index contributed by atoms with van der Waals surface area (Å²) in [5.41, 5.74) is 3.31. The first-order valence-electron chi connectivity index (χ1n) is 9.88. The Morgan fingerprint density at radius 2 is 2.25 bits per heavy atom. The van der Waals surface area contributed by atoms with Crippen LogP contribution in [0.15, 0.2) is 43.1 Å². The minimum absolute atomic E-state index is 0.266. The van der Waals surface area contributed by atoms with Gasteiger partial charge in [-0.3, -0.25) is 9.48 Å². The second kappa shape index (κ2) is 7.05. The molecule has 0 unspecified atom stereocenters. The fraction of sp³-hybridized carbons (Fsp3) is 0.200. The first kappa shape index (κ1) is 18.8. The third-order valence-electron chi connectivity index (χ3n) is 5.49. The molecule has 0 aromatic carbocycles. The molecule has 0 bridgehead atoms. The van der Waals surface area contributed by atoms with Crippen molar-refractivity contribution in [3.05, 3.63) is 71.0 Å². The maximum atomic E-state index is 14.3. The van der Waals surface area contributed by atoms with Crippen LogP contribution in [0.2, 0.25) is 0 Å². The molecule has 1 amide bonds. The first-order chi connectivity index (χ1) is 15.6. The lowest BCUT2D eigenvalue weighted by molar-refractivity contribution is 0.0685. The molecule has 0 fully saturated rings. The van der Waals surface area contributed by atoms with Crippen LogP contribution in [0.4, 0.5) is 4.39 Å². The van der Waals surface area contributed by atoms with Gasteiger partial charge >= 0.3 is 0 Å². The highest BCUT2D eigenvalue weighted by Crippen LogP contribution is 2.35. The SMILES string of the molecule is Cn1cc(-c2nnc(C(=O)N3CCc4[nH]cnc4[C@H]3c3cc4c(F)cccn4n3)s2)cn1. The molecule has 0 aliphatic carbocycles. The number of halogens is 1. The number of aromatic nitrogens is 8. The van der Waals surface area contributed by atoms with Crippen LogP contribution >= 0.6 is 11.3 Å². The molecule has 160 valence electrons. The van der Waals surface area contributed by atoms with E-state index in [1.165, 1.54) is 21.9 Å². The summed E-state index contributed by atoms with van der Waals surface area (Å²) >= 11 is 1.21. The van der Waals surface area contributed by atoms with E-state index in [2.05, 4.69) is 30.4 Å². The lowest BCUT2D eigenvalue weighted by Gasteiger charge is -2.33. The molecule has 0 spiro atoms. The first-order valence-corrected chi connectivity index (χ1v) is 10.7. The zero-order chi connectivity index (χ0) is 21.8. The average Bonchev–Trinajstić information content (AvgIpc) is 3.57. The Balaban J connectivity index is 1.41. The molecule has 1 aliphatic heterocycles. The third-order valence-corrected chi connectivity index (χ3v) is 6.46. The molecule has 1 aliphatic rings. The number of aromatic amines is 1. The van der Waals surface area contributed by atoms with Crippen molar-refractivity contribution in [3.63, 3.8) is 0 Å². The fourth-order valence-corrected chi connectivity index (χ4v) is 4.78. The van der Waals surface area contributed by atoms with Crippen molar-refractivity contribution in [1.29, 1.82) is 0 Å². The number of amides is 1. The molecule has 0 saturated heterocycles. The zero-order valence-corrected chi connectivity index (χ0v) is 17.6.